The number of pyridine rings is 1. The van der Waals surface area contributed by atoms with Crippen LogP contribution in [0.25, 0.3) is 0 Å². The Morgan fingerprint density at radius 2 is 2.38 bits per heavy atom. The molecular weight excluding hydrogens is 206 g/mol. The van der Waals surface area contributed by atoms with Crippen LogP contribution in [0.2, 0.25) is 0 Å². The van der Waals surface area contributed by atoms with Crippen LogP contribution in [0, 0.1) is 5.92 Å². The average molecular weight is 223 g/mol. The number of hydrogen-bond donors (Lipinski definition) is 1. The van der Waals surface area contributed by atoms with E-state index in [1.165, 1.54) is 0 Å². The van der Waals surface area contributed by atoms with Crippen molar-refractivity contribution in [1.29, 1.82) is 0 Å². The monoisotopic (exact) mass is 223 g/mol. The number of ether oxygens (including phenoxy) is 2. The van der Waals surface area contributed by atoms with Crippen molar-refractivity contribution in [1.82, 2.24) is 4.98 Å². The minimum absolute atomic E-state index is 0.131. The van der Waals surface area contributed by atoms with Gasteiger partial charge in [0.15, 0.2) is 0 Å². The molecule has 0 aromatic carbocycles. The second-order valence-corrected chi connectivity index (χ2v) is 4.20. The molecule has 4 nitrogen and oxygen atoms in total. The van der Waals surface area contributed by atoms with Gasteiger partial charge in [0.05, 0.1) is 19.4 Å². The van der Waals surface area contributed by atoms with Crippen LogP contribution < -0.4 is 4.74 Å². The summed E-state index contributed by atoms with van der Waals surface area (Å²) in [5.74, 6) is 1.03. The Morgan fingerprint density at radius 1 is 1.56 bits per heavy atom. The number of rotatable bonds is 3. The summed E-state index contributed by atoms with van der Waals surface area (Å²) < 4.78 is 10.6. The normalized spacial score (nSPS) is 26.7. The Labute approximate surface area is 95.2 Å². The molecule has 0 bridgehead atoms. The lowest BCUT2D eigenvalue weighted by Crippen LogP contribution is -2.23. The molecule has 88 valence electrons. The second-order valence-electron chi connectivity index (χ2n) is 4.20. The van der Waals surface area contributed by atoms with Gasteiger partial charge in [-0.25, -0.2) is 0 Å². The van der Waals surface area contributed by atoms with Crippen molar-refractivity contribution in [2.24, 2.45) is 5.92 Å². The number of methoxy groups -OCH3 is 1. The summed E-state index contributed by atoms with van der Waals surface area (Å²) in [5.41, 5.74) is 0.748. The van der Waals surface area contributed by atoms with E-state index in [1.807, 2.05) is 0 Å². The van der Waals surface area contributed by atoms with E-state index < -0.39 is 6.10 Å². The molecule has 3 unspecified atom stereocenters. The molecule has 0 saturated carbocycles. The zero-order valence-electron chi connectivity index (χ0n) is 9.59. The quantitative estimate of drug-likeness (QED) is 0.844. The molecule has 0 amide bonds. The minimum atomic E-state index is -0.625. The Bertz CT molecular complexity index is 356. The van der Waals surface area contributed by atoms with Crippen LogP contribution in [0.5, 0.6) is 5.75 Å². The highest BCUT2D eigenvalue weighted by Gasteiger charge is 2.32. The lowest BCUT2D eigenvalue weighted by Gasteiger charge is -2.21. The maximum absolute atomic E-state index is 10.2. The SMILES string of the molecule is COc1cncc(C(O)C2OCCC2C)c1. The first-order valence-electron chi connectivity index (χ1n) is 5.51. The number of nitrogens with zero attached hydrogens (tertiary/aromatic N) is 1. The molecule has 1 saturated heterocycles. The van der Waals surface area contributed by atoms with E-state index >= 15 is 0 Å². The molecule has 1 fully saturated rings. The minimum Gasteiger partial charge on any atom is -0.495 e. The molecule has 2 rings (SSSR count). The molecule has 2 heterocycles. The topological polar surface area (TPSA) is 51.6 Å². The van der Waals surface area contributed by atoms with Crippen LogP contribution in [0.4, 0.5) is 0 Å². The van der Waals surface area contributed by atoms with Gasteiger partial charge in [-0.15, -0.1) is 0 Å². The van der Waals surface area contributed by atoms with E-state index in [-0.39, 0.29) is 6.10 Å². The van der Waals surface area contributed by atoms with Gasteiger partial charge in [-0.2, -0.15) is 0 Å². The molecule has 0 spiro atoms. The predicted octanol–water partition coefficient (Wildman–Crippen LogP) is 1.55. The third kappa shape index (κ3) is 2.18. The third-order valence-corrected chi connectivity index (χ3v) is 3.07. The van der Waals surface area contributed by atoms with Gasteiger partial charge in [-0.1, -0.05) is 6.92 Å². The van der Waals surface area contributed by atoms with Crippen molar-refractivity contribution in [3.8, 4) is 5.75 Å². The summed E-state index contributed by atoms with van der Waals surface area (Å²) in [6, 6.07) is 1.80. The van der Waals surface area contributed by atoms with Crippen molar-refractivity contribution >= 4 is 0 Å². The summed E-state index contributed by atoms with van der Waals surface area (Å²) in [4.78, 5) is 4.03. The smallest absolute Gasteiger partial charge is 0.137 e. The van der Waals surface area contributed by atoms with Crippen molar-refractivity contribution in [2.45, 2.75) is 25.6 Å². The van der Waals surface area contributed by atoms with Crippen molar-refractivity contribution < 1.29 is 14.6 Å². The van der Waals surface area contributed by atoms with Gasteiger partial charge in [0.2, 0.25) is 0 Å². The Hall–Kier alpha value is -1.13. The van der Waals surface area contributed by atoms with Gasteiger partial charge in [0.1, 0.15) is 11.9 Å². The van der Waals surface area contributed by atoms with Gasteiger partial charge in [0.25, 0.3) is 0 Å². The van der Waals surface area contributed by atoms with Crippen LogP contribution in [0.15, 0.2) is 18.5 Å². The van der Waals surface area contributed by atoms with Gasteiger partial charge in [-0.3, -0.25) is 4.98 Å². The highest BCUT2D eigenvalue weighted by Crippen LogP contribution is 2.31. The lowest BCUT2D eigenvalue weighted by atomic mass is 9.95. The Balaban J connectivity index is 2.16. The maximum Gasteiger partial charge on any atom is 0.137 e. The van der Waals surface area contributed by atoms with Crippen LogP contribution in [0.3, 0.4) is 0 Å². The molecule has 1 N–H and O–H groups in total. The first-order chi connectivity index (χ1) is 7.72. The standard InChI is InChI=1S/C12H17NO3/c1-8-3-4-16-12(8)11(14)9-5-10(15-2)7-13-6-9/h5-8,11-12,14H,3-4H2,1-2H3. The average Bonchev–Trinajstić information content (AvgIpc) is 2.74. The number of aliphatic hydroxyl groups excluding tert-OH is 1. The third-order valence-electron chi connectivity index (χ3n) is 3.07. The molecule has 1 aliphatic rings. The summed E-state index contributed by atoms with van der Waals surface area (Å²) >= 11 is 0. The van der Waals surface area contributed by atoms with Gasteiger partial charge in [0, 0.05) is 18.4 Å². The number of aliphatic hydroxyl groups is 1. The van der Waals surface area contributed by atoms with Crippen molar-refractivity contribution in [2.75, 3.05) is 13.7 Å². The van der Waals surface area contributed by atoms with Crippen molar-refractivity contribution in [3.63, 3.8) is 0 Å². The van der Waals surface area contributed by atoms with Gasteiger partial charge in [-0.05, 0) is 18.4 Å². The predicted molar refractivity (Wildman–Crippen MR) is 59.3 cm³/mol. The molecule has 0 aliphatic carbocycles. The fourth-order valence-electron chi connectivity index (χ4n) is 2.02. The summed E-state index contributed by atoms with van der Waals surface area (Å²) in [6.45, 7) is 2.81. The summed E-state index contributed by atoms with van der Waals surface area (Å²) in [5, 5.41) is 10.2. The molecule has 1 aromatic heterocycles. The zero-order chi connectivity index (χ0) is 11.5. The van der Waals surface area contributed by atoms with E-state index in [2.05, 4.69) is 11.9 Å². The second kappa shape index (κ2) is 4.80. The molecule has 4 heteroatoms. The van der Waals surface area contributed by atoms with E-state index in [4.69, 9.17) is 9.47 Å². The van der Waals surface area contributed by atoms with E-state index in [0.29, 0.717) is 11.7 Å². The largest absolute Gasteiger partial charge is 0.495 e. The highest BCUT2D eigenvalue weighted by atomic mass is 16.5. The van der Waals surface area contributed by atoms with E-state index in [1.54, 1.807) is 25.6 Å². The van der Waals surface area contributed by atoms with Crippen LogP contribution >= 0.6 is 0 Å². The fraction of sp³-hybridized carbons (Fsp3) is 0.583. The van der Waals surface area contributed by atoms with E-state index in [9.17, 15) is 5.11 Å². The fourth-order valence-corrected chi connectivity index (χ4v) is 2.02. The van der Waals surface area contributed by atoms with E-state index in [0.717, 1.165) is 18.6 Å². The zero-order valence-corrected chi connectivity index (χ0v) is 9.59. The molecule has 3 atom stereocenters. The summed E-state index contributed by atoms with van der Waals surface area (Å²) in [7, 11) is 1.59. The molecule has 0 radical (unpaired) electrons. The first-order valence-corrected chi connectivity index (χ1v) is 5.51. The highest BCUT2D eigenvalue weighted by molar-refractivity contribution is 5.25. The summed E-state index contributed by atoms with van der Waals surface area (Å²) in [6.07, 6.45) is 3.52. The Kier molecular flexibility index (Phi) is 3.41. The lowest BCUT2D eigenvalue weighted by molar-refractivity contribution is -0.0180. The number of aromatic nitrogens is 1. The van der Waals surface area contributed by atoms with Gasteiger partial charge >= 0.3 is 0 Å². The Morgan fingerprint density at radius 3 is 3.00 bits per heavy atom. The first kappa shape index (κ1) is 11.4. The molecule has 16 heavy (non-hydrogen) atoms. The van der Waals surface area contributed by atoms with Crippen LogP contribution in [0.1, 0.15) is 25.0 Å². The molecule has 1 aliphatic heterocycles. The van der Waals surface area contributed by atoms with Crippen LogP contribution in [-0.2, 0) is 4.74 Å². The van der Waals surface area contributed by atoms with Gasteiger partial charge < -0.3 is 14.6 Å². The molecular formula is C12H17NO3. The molecule has 1 aromatic rings. The number of hydrogen-bond acceptors (Lipinski definition) is 4. The maximum atomic E-state index is 10.2. The van der Waals surface area contributed by atoms with Crippen LogP contribution in [-0.4, -0.2) is 29.9 Å². The van der Waals surface area contributed by atoms with Crippen molar-refractivity contribution in [3.05, 3.63) is 24.0 Å².